The lowest BCUT2D eigenvalue weighted by Crippen LogP contribution is -2.19. The van der Waals surface area contributed by atoms with E-state index in [1.165, 1.54) is 7.11 Å². The van der Waals surface area contributed by atoms with E-state index in [2.05, 4.69) is 14.9 Å². The molecule has 0 radical (unpaired) electrons. The number of aliphatic hydroxyl groups is 1. The monoisotopic (exact) mass is 283 g/mol. The number of rotatable bonds is 8. The minimum atomic E-state index is -4.33. The van der Waals surface area contributed by atoms with Gasteiger partial charge < -0.3 is 19.1 Å². The van der Waals surface area contributed by atoms with Gasteiger partial charge in [-0.15, -0.1) is 10.2 Å². The van der Waals surface area contributed by atoms with Crippen LogP contribution in [-0.2, 0) is 29.0 Å². The van der Waals surface area contributed by atoms with Gasteiger partial charge in [-0.3, -0.25) is 0 Å². The second kappa shape index (κ2) is 7.41. The first-order valence-electron chi connectivity index (χ1n) is 5.63. The first-order chi connectivity index (χ1) is 8.98. The molecule has 0 atom stereocenters. The Morgan fingerprint density at radius 2 is 1.89 bits per heavy atom. The predicted molar refractivity (Wildman–Crippen MR) is 58.4 cm³/mol. The van der Waals surface area contributed by atoms with Crippen LogP contribution in [-0.4, -0.2) is 53.0 Å². The Kier molecular flexibility index (Phi) is 6.19. The Morgan fingerprint density at radius 1 is 1.21 bits per heavy atom. The third kappa shape index (κ3) is 5.53. The van der Waals surface area contributed by atoms with Gasteiger partial charge in [-0.2, -0.15) is 13.2 Å². The fourth-order valence-corrected chi connectivity index (χ4v) is 1.47. The van der Waals surface area contributed by atoms with Gasteiger partial charge in [0.1, 0.15) is 19.0 Å². The molecule has 1 heterocycles. The largest absolute Gasteiger partial charge is 0.411 e. The maximum absolute atomic E-state index is 11.9. The van der Waals surface area contributed by atoms with E-state index < -0.39 is 12.8 Å². The van der Waals surface area contributed by atoms with Crippen molar-refractivity contribution in [2.75, 3.05) is 26.9 Å². The maximum Gasteiger partial charge on any atom is 0.411 e. The van der Waals surface area contributed by atoms with Crippen LogP contribution in [0, 0.1) is 0 Å². The van der Waals surface area contributed by atoms with Gasteiger partial charge in [0.05, 0.1) is 13.2 Å². The second-order valence-corrected chi connectivity index (χ2v) is 3.75. The molecular formula is C10H16F3N3O3. The van der Waals surface area contributed by atoms with Crippen LogP contribution >= 0.6 is 0 Å². The maximum atomic E-state index is 11.9. The van der Waals surface area contributed by atoms with Crippen LogP contribution in [0.2, 0.25) is 0 Å². The Morgan fingerprint density at radius 3 is 2.47 bits per heavy atom. The summed E-state index contributed by atoms with van der Waals surface area (Å²) in [4.78, 5) is 0. The molecular weight excluding hydrogens is 267 g/mol. The van der Waals surface area contributed by atoms with Crippen molar-refractivity contribution in [3.63, 3.8) is 0 Å². The van der Waals surface area contributed by atoms with Crippen LogP contribution in [0.5, 0.6) is 0 Å². The molecule has 0 aromatic carbocycles. The molecule has 0 aliphatic heterocycles. The smallest absolute Gasteiger partial charge is 0.388 e. The van der Waals surface area contributed by atoms with Crippen molar-refractivity contribution >= 4 is 0 Å². The summed E-state index contributed by atoms with van der Waals surface area (Å²) in [5.41, 5.74) is 0. The normalized spacial score (nSPS) is 12.1. The second-order valence-electron chi connectivity index (χ2n) is 3.75. The Labute approximate surface area is 108 Å². The molecule has 0 aliphatic rings. The van der Waals surface area contributed by atoms with E-state index in [1.807, 2.05) is 0 Å². The van der Waals surface area contributed by atoms with Crippen molar-refractivity contribution in [3.8, 4) is 0 Å². The van der Waals surface area contributed by atoms with Crippen LogP contribution in [0.15, 0.2) is 0 Å². The Bertz CT molecular complexity index is 382. The lowest BCUT2D eigenvalue weighted by atomic mass is 10.4. The van der Waals surface area contributed by atoms with Gasteiger partial charge in [0, 0.05) is 20.1 Å². The van der Waals surface area contributed by atoms with Crippen molar-refractivity contribution in [1.29, 1.82) is 0 Å². The van der Waals surface area contributed by atoms with Crippen LogP contribution in [0.3, 0.4) is 0 Å². The van der Waals surface area contributed by atoms with Crippen LogP contribution < -0.4 is 0 Å². The summed E-state index contributed by atoms with van der Waals surface area (Å²) in [6, 6.07) is 0. The Hall–Kier alpha value is -1.19. The molecule has 1 aromatic rings. The number of aromatic nitrogens is 3. The Balaban J connectivity index is 2.50. The number of ether oxygens (including phenoxy) is 2. The van der Waals surface area contributed by atoms with Crippen molar-refractivity contribution in [2.24, 2.45) is 0 Å². The summed E-state index contributed by atoms with van der Waals surface area (Å²) in [7, 11) is 1.52. The van der Waals surface area contributed by atoms with Gasteiger partial charge in [-0.05, 0) is 0 Å². The van der Waals surface area contributed by atoms with Gasteiger partial charge in [-0.1, -0.05) is 0 Å². The van der Waals surface area contributed by atoms with E-state index in [0.717, 1.165) is 0 Å². The van der Waals surface area contributed by atoms with Gasteiger partial charge in [0.15, 0.2) is 5.82 Å². The third-order valence-corrected chi connectivity index (χ3v) is 2.30. The average molecular weight is 283 g/mol. The molecule has 0 saturated heterocycles. The molecule has 0 unspecified atom stereocenters. The average Bonchev–Trinajstić information content (AvgIpc) is 2.73. The van der Waals surface area contributed by atoms with Crippen LogP contribution in [0.4, 0.5) is 13.2 Å². The molecule has 19 heavy (non-hydrogen) atoms. The van der Waals surface area contributed by atoms with Crippen molar-refractivity contribution < 1.29 is 27.8 Å². The fourth-order valence-electron chi connectivity index (χ4n) is 1.47. The molecule has 0 aliphatic carbocycles. The van der Waals surface area contributed by atoms with E-state index >= 15 is 0 Å². The summed E-state index contributed by atoms with van der Waals surface area (Å²) in [6.07, 6.45) is -4.15. The van der Waals surface area contributed by atoms with Gasteiger partial charge in [0.25, 0.3) is 0 Å². The van der Waals surface area contributed by atoms with E-state index in [1.54, 1.807) is 4.57 Å². The summed E-state index contributed by atoms with van der Waals surface area (Å²) in [6.45, 7) is -0.877. The first-order valence-corrected chi connectivity index (χ1v) is 5.63. The number of methoxy groups -OCH3 is 1. The van der Waals surface area contributed by atoms with E-state index in [4.69, 9.17) is 9.84 Å². The highest BCUT2D eigenvalue weighted by atomic mass is 19.4. The van der Waals surface area contributed by atoms with Crippen LogP contribution in [0.25, 0.3) is 0 Å². The number of hydrogen-bond donors (Lipinski definition) is 1. The summed E-state index contributed by atoms with van der Waals surface area (Å²) < 4.78 is 46.7. The molecule has 0 saturated carbocycles. The molecule has 110 valence electrons. The summed E-state index contributed by atoms with van der Waals surface area (Å²) >= 11 is 0. The minimum Gasteiger partial charge on any atom is -0.388 e. The van der Waals surface area contributed by atoms with Crippen molar-refractivity contribution in [2.45, 2.75) is 25.7 Å². The molecule has 0 amide bonds. The summed E-state index contributed by atoms with van der Waals surface area (Å²) in [5, 5.41) is 16.6. The third-order valence-electron chi connectivity index (χ3n) is 2.30. The molecule has 0 bridgehead atoms. The molecule has 1 aromatic heterocycles. The predicted octanol–water partition coefficient (Wildman–Crippen LogP) is 0.538. The molecule has 0 spiro atoms. The molecule has 1 rings (SSSR count). The molecule has 9 heteroatoms. The SMILES string of the molecule is COCCn1c(CO)nnc1CCOCC(F)(F)F. The standard InChI is InChI=1S/C10H16F3N3O3/c1-18-5-3-16-8(14-15-9(16)6-17)2-4-19-7-10(11,12)13/h17H,2-7H2,1H3. The number of aliphatic hydroxyl groups excluding tert-OH is 1. The molecule has 0 fully saturated rings. The highest BCUT2D eigenvalue weighted by molar-refractivity contribution is 4.95. The molecule has 1 N–H and O–H groups in total. The first kappa shape index (κ1) is 15.9. The van der Waals surface area contributed by atoms with Crippen molar-refractivity contribution in [1.82, 2.24) is 14.8 Å². The number of hydrogen-bond acceptors (Lipinski definition) is 5. The minimum absolute atomic E-state index is 0.115. The topological polar surface area (TPSA) is 69.4 Å². The highest BCUT2D eigenvalue weighted by Crippen LogP contribution is 2.14. The number of nitrogens with zero attached hydrogens (tertiary/aromatic N) is 3. The summed E-state index contributed by atoms with van der Waals surface area (Å²) in [5.74, 6) is 0.811. The quantitative estimate of drug-likeness (QED) is 0.705. The van der Waals surface area contributed by atoms with Gasteiger partial charge in [0.2, 0.25) is 0 Å². The van der Waals surface area contributed by atoms with Gasteiger partial charge in [-0.25, -0.2) is 0 Å². The van der Waals surface area contributed by atoms with Gasteiger partial charge >= 0.3 is 6.18 Å². The lowest BCUT2D eigenvalue weighted by Gasteiger charge is -2.10. The zero-order chi connectivity index (χ0) is 14.3. The van der Waals surface area contributed by atoms with Crippen molar-refractivity contribution in [3.05, 3.63) is 11.6 Å². The van der Waals surface area contributed by atoms with E-state index in [9.17, 15) is 13.2 Å². The number of halogens is 3. The van der Waals surface area contributed by atoms with Crippen LogP contribution in [0.1, 0.15) is 11.6 Å². The lowest BCUT2D eigenvalue weighted by molar-refractivity contribution is -0.173. The van der Waals surface area contributed by atoms with E-state index in [0.29, 0.717) is 24.8 Å². The highest BCUT2D eigenvalue weighted by Gasteiger charge is 2.27. The van der Waals surface area contributed by atoms with E-state index in [-0.39, 0.29) is 19.6 Å². The zero-order valence-corrected chi connectivity index (χ0v) is 10.5. The fraction of sp³-hybridized carbons (Fsp3) is 0.800. The number of alkyl halides is 3. The molecule has 6 nitrogen and oxygen atoms in total. The zero-order valence-electron chi connectivity index (χ0n) is 10.5.